The largest absolute Gasteiger partial charge is 0.198 e. The van der Waals surface area contributed by atoms with E-state index in [9.17, 15) is 0 Å². The van der Waals surface area contributed by atoms with Crippen LogP contribution in [0.3, 0.4) is 0 Å². The lowest BCUT2D eigenvalue weighted by molar-refractivity contribution is 0.506. The molecule has 1 heteroatoms. The lowest BCUT2D eigenvalue weighted by Crippen LogP contribution is -2.09. The molecule has 0 heterocycles. The van der Waals surface area contributed by atoms with Crippen molar-refractivity contribution in [1.82, 2.24) is 0 Å². The number of benzene rings is 1. The molecule has 0 saturated carbocycles. The van der Waals surface area contributed by atoms with Crippen LogP contribution in [0.25, 0.3) is 0 Å². The van der Waals surface area contributed by atoms with E-state index in [4.69, 9.17) is 11.8 Å². The van der Waals surface area contributed by atoms with Crippen LogP contribution in [0.2, 0.25) is 0 Å². The Kier molecular flexibility index (Phi) is 4.63. The van der Waals surface area contributed by atoms with Crippen molar-refractivity contribution < 1.29 is 0 Å². The molecule has 0 aliphatic rings. The van der Waals surface area contributed by atoms with Gasteiger partial charge in [0.05, 0.1) is 12.0 Å². The van der Waals surface area contributed by atoms with E-state index >= 15 is 0 Å². The van der Waals surface area contributed by atoms with Crippen LogP contribution in [0.1, 0.15) is 31.2 Å². The van der Waals surface area contributed by atoms with Crippen molar-refractivity contribution in [3.63, 3.8) is 0 Å². The fourth-order valence-corrected chi connectivity index (χ4v) is 1.85. The lowest BCUT2D eigenvalue weighted by atomic mass is 9.83. The lowest BCUT2D eigenvalue weighted by Gasteiger charge is -2.19. The highest BCUT2D eigenvalue weighted by Gasteiger charge is 2.19. The van der Waals surface area contributed by atoms with Crippen molar-refractivity contribution in [3.05, 3.63) is 48.6 Å². The topological polar surface area (TPSA) is 23.8 Å². The van der Waals surface area contributed by atoms with Crippen molar-refractivity contribution in [2.75, 3.05) is 0 Å². The van der Waals surface area contributed by atoms with E-state index in [-0.39, 0.29) is 11.8 Å². The molecule has 0 amide bonds. The first-order valence-corrected chi connectivity index (χ1v) is 5.31. The van der Waals surface area contributed by atoms with Crippen molar-refractivity contribution >= 4 is 0 Å². The molecule has 1 rings (SSSR count). The van der Waals surface area contributed by atoms with Gasteiger partial charge in [-0.25, -0.2) is 0 Å². The number of allylic oxidation sites excluding steroid dienone is 1. The molecule has 0 bridgehead atoms. The van der Waals surface area contributed by atoms with Gasteiger partial charge in [-0.2, -0.15) is 5.26 Å². The molecular formula is C14H16N. The molecular weight excluding hydrogens is 182 g/mol. The molecule has 0 aliphatic carbocycles. The van der Waals surface area contributed by atoms with Gasteiger partial charge in [-0.3, -0.25) is 0 Å². The zero-order valence-electron chi connectivity index (χ0n) is 9.06. The van der Waals surface area contributed by atoms with E-state index in [2.05, 4.69) is 18.2 Å². The highest BCUT2D eigenvalue weighted by atomic mass is 14.3. The van der Waals surface area contributed by atoms with Gasteiger partial charge in [0.2, 0.25) is 0 Å². The average Bonchev–Trinajstić information content (AvgIpc) is 2.30. The second-order valence-electron chi connectivity index (χ2n) is 3.63. The first-order chi connectivity index (χ1) is 7.33. The van der Waals surface area contributed by atoms with Crippen molar-refractivity contribution in [1.29, 1.82) is 5.26 Å². The minimum absolute atomic E-state index is 0.0483. The van der Waals surface area contributed by atoms with E-state index in [0.29, 0.717) is 0 Å². The summed E-state index contributed by atoms with van der Waals surface area (Å²) in [6, 6.07) is 12.5. The van der Waals surface area contributed by atoms with Gasteiger partial charge in [-0.05, 0) is 18.4 Å². The molecule has 2 unspecified atom stereocenters. The second kappa shape index (κ2) is 6.03. The van der Waals surface area contributed by atoms with Crippen LogP contribution in [0, 0.1) is 23.8 Å². The van der Waals surface area contributed by atoms with E-state index in [1.54, 1.807) is 6.08 Å². The second-order valence-corrected chi connectivity index (χ2v) is 3.63. The summed E-state index contributed by atoms with van der Waals surface area (Å²) in [6.45, 7) is 7.52. The molecule has 1 aromatic rings. The molecule has 0 spiro atoms. The molecule has 0 aromatic heterocycles. The quantitative estimate of drug-likeness (QED) is 0.707. The Morgan fingerprint density at radius 2 is 2.07 bits per heavy atom. The maximum absolute atomic E-state index is 9.08. The Morgan fingerprint density at radius 3 is 2.53 bits per heavy atom. The molecule has 0 N–H and O–H groups in total. The standard InChI is InChI=1S/C14H16N/c1-3-8-14(12(4-2)11-15)13-9-6-5-7-10-13/h1,3,5-7,9-10,12,14H,4,8H2,2H3. The van der Waals surface area contributed by atoms with Crippen LogP contribution in [0.15, 0.2) is 36.4 Å². The van der Waals surface area contributed by atoms with Gasteiger partial charge in [0.25, 0.3) is 0 Å². The van der Waals surface area contributed by atoms with Crippen LogP contribution in [0.4, 0.5) is 0 Å². The number of hydrogen-bond acceptors (Lipinski definition) is 1. The third kappa shape index (κ3) is 2.95. The van der Waals surface area contributed by atoms with Crippen LogP contribution in [-0.4, -0.2) is 0 Å². The van der Waals surface area contributed by atoms with Gasteiger partial charge >= 0.3 is 0 Å². The van der Waals surface area contributed by atoms with Gasteiger partial charge in [-0.15, -0.1) is 0 Å². The van der Waals surface area contributed by atoms with Crippen molar-refractivity contribution in [2.24, 2.45) is 5.92 Å². The first-order valence-electron chi connectivity index (χ1n) is 5.31. The predicted molar refractivity (Wildman–Crippen MR) is 62.1 cm³/mol. The van der Waals surface area contributed by atoms with Gasteiger partial charge in [0.15, 0.2) is 0 Å². The number of hydrogen-bond donors (Lipinski definition) is 0. The Bertz CT molecular complexity index is 334. The normalized spacial score (nSPS) is 13.9. The minimum Gasteiger partial charge on any atom is -0.198 e. The minimum atomic E-state index is 0.0483. The van der Waals surface area contributed by atoms with Gasteiger partial charge in [-0.1, -0.05) is 49.9 Å². The number of nitrogens with zero attached hydrogens (tertiary/aromatic N) is 1. The zero-order chi connectivity index (χ0) is 11.1. The van der Waals surface area contributed by atoms with Crippen molar-refractivity contribution in [2.45, 2.75) is 25.7 Å². The Balaban J connectivity index is 2.92. The molecule has 0 fully saturated rings. The molecule has 1 radical (unpaired) electrons. The summed E-state index contributed by atoms with van der Waals surface area (Å²) in [5.41, 5.74) is 1.20. The Morgan fingerprint density at radius 1 is 1.40 bits per heavy atom. The third-order valence-electron chi connectivity index (χ3n) is 2.71. The van der Waals surface area contributed by atoms with Gasteiger partial charge < -0.3 is 0 Å². The maximum atomic E-state index is 9.08. The van der Waals surface area contributed by atoms with Crippen LogP contribution in [-0.2, 0) is 0 Å². The molecule has 1 aromatic carbocycles. The summed E-state index contributed by atoms with van der Waals surface area (Å²) in [4.78, 5) is 0. The van der Waals surface area contributed by atoms with Crippen molar-refractivity contribution in [3.8, 4) is 6.07 Å². The molecule has 0 saturated heterocycles. The van der Waals surface area contributed by atoms with E-state index < -0.39 is 0 Å². The van der Waals surface area contributed by atoms with E-state index in [1.165, 1.54) is 5.56 Å². The molecule has 0 aliphatic heterocycles. The fourth-order valence-electron chi connectivity index (χ4n) is 1.85. The SMILES string of the molecule is [CH]=CCC(c1ccccc1)C(C#N)CC. The Labute approximate surface area is 92.1 Å². The van der Waals surface area contributed by atoms with Crippen LogP contribution >= 0.6 is 0 Å². The molecule has 15 heavy (non-hydrogen) atoms. The predicted octanol–water partition coefficient (Wildman–Crippen LogP) is 3.70. The molecule has 1 nitrogen and oxygen atoms in total. The van der Waals surface area contributed by atoms with Crippen LogP contribution in [0.5, 0.6) is 0 Å². The highest BCUT2D eigenvalue weighted by Crippen LogP contribution is 2.30. The smallest absolute Gasteiger partial charge is 0.0662 e. The summed E-state index contributed by atoms with van der Waals surface area (Å²) in [7, 11) is 0. The highest BCUT2D eigenvalue weighted by molar-refractivity contribution is 5.22. The molecule has 2 atom stereocenters. The third-order valence-corrected chi connectivity index (χ3v) is 2.71. The number of nitriles is 1. The monoisotopic (exact) mass is 198 g/mol. The summed E-state index contributed by atoms with van der Waals surface area (Å²) in [6.07, 6.45) is 3.28. The summed E-state index contributed by atoms with van der Waals surface area (Å²) in [5, 5.41) is 9.08. The average molecular weight is 198 g/mol. The van der Waals surface area contributed by atoms with E-state index in [1.807, 2.05) is 25.1 Å². The summed E-state index contributed by atoms with van der Waals surface area (Å²) in [5.74, 6) is 0.276. The number of rotatable bonds is 5. The zero-order valence-corrected chi connectivity index (χ0v) is 9.06. The summed E-state index contributed by atoms with van der Waals surface area (Å²) >= 11 is 0. The Hall–Kier alpha value is -1.55. The van der Waals surface area contributed by atoms with Gasteiger partial charge in [0.1, 0.15) is 0 Å². The summed E-state index contributed by atoms with van der Waals surface area (Å²) < 4.78 is 0. The van der Waals surface area contributed by atoms with Crippen LogP contribution < -0.4 is 0 Å². The first kappa shape index (κ1) is 11.5. The molecule has 77 valence electrons. The van der Waals surface area contributed by atoms with E-state index in [0.717, 1.165) is 12.8 Å². The fraction of sp³-hybridized carbons (Fsp3) is 0.357. The van der Waals surface area contributed by atoms with Gasteiger partial charge in [0, 0.05) is 5.92 Å². The maximum Gasteiger partial charge on any atom is 0.0662 e.